The Hall–Kier alpha value is -0.390. The average Bonchev–Trinajstić information content (AvgIpc) is 1.69. The molecule has 0 saturated carbocycles. The van der Waals surface area contributed by atoms with Gasteiger partial charge in [-0.2, -0.15) is 0 Å². The van der Waals surface area contributed by atoms with Crippen LogP contribution in [0.2, 0.25) is 0 Å². The second kappa shape index (κ2) is 2.06. The maximum atomic E-state index is 7.14. The van der Waals surface area contributed by atoms with Gasteiger partial charge in [0.2, 0.25) is 0 Å². The van der Waals surface area contributed by atoms with Gasteiger partial charge in [-0.25, -0.2) is 0 Å². The van der Waals surface area contributed by atoms with E-state index in [0.29, 0.717) is 0 Å². The summed E-state index contributed by atoms with van der Waals surface area (Å²) in [5, 5.41) is 0. The molecule has 1 heterocycles. The molecule has 0 aliphatic rings. The van der Waals surface area contributed by atoms with Crippen LogP contribution < -0.4 is 0 Å². The van der Waals surface area contributed by atoms with E-state index < -0.39 is 7.68 Å². The van der Waals surface area contributed by atoms with Crippen molar-refractivity contribution in [3.8, 4) is 0 Å². The molecule has 1 N–H and O–H groups in total. The molecule has 0 atom stereocenters. The Balaban J connectivity index is 3.02. The number of hydrogen-bond donors (Lipinski definition) is 0. The van der Waals surface area contributed by atoms with Gasteiger partial charge in [0.05, 0.1) is 11.6 Å². The standard InChI is InChI=1S/C5H6NP/c6-7-4-2-1-3-5-7/h1-6H. The van der Waals surface area contributed by atoms with Crippen LogP contribution in [0.15, 0.2) is 29.8 Å². The van der Waals surface area contributed by atoms with Crippen molar-refractivity contribution >= 4 is 7.68 Å². The Kier molecular flexibility index (Phi) is 1.40. The summed E-state index contributed by atoms with van der Waals surface area (Å²) >= 11 is 0. The molecule has 0 radical (unpaired) electrons. The van der Waals surface area contributed by atoms with Gasteiger partial charge in [-0.1, -0.05) is 6.07 Å². The number of rotatable bonds is 0. The fraction of sp³-hybridized carbons (Fsp3) is 0. The minimum Gasteiger partial charge on any atom is -0.451 e. The van der Waals surface area contributed by atoms with E-state index in [9.17, 15) is 0 Å². The molecule has 0 fully saturated rings. The van der Waals surface area contributed by atoms with Crippen LogP contribution in [0.5, 0.6) is 0 Å². The van der Waals surface area contributed by atoms with Crippen molar-refractivity contribution in [2.75, 3.05) is 0 Å². The minimum absolute atomic E-state index is 0.634. The normalized spacial score (nSPS) is 8.71. The number of hydrogen-bond acceptors (Lipinski definition) is 0. The Morgan fingerprint density at radius 3 is 1.86 bits per heavy atom. The van der Waals surface area contributed by atoms with E-state index in [2.05, 4.69) is 0 Å². The molecule has 0 saturated heterocycles. The zero-order valence-corrected chi connectivity index (χ0v) is 4.73. The maximum absolute atomic E-state index is 7.14. The maximum Gasteiger partial charge on any atom is 0.0988 e. The van der Waals surface area contributed by atoms with Crippen molar-refractivity contribution in [2.45, 2.75) is 0 Å². The van der Waals surface area contributed by atoms with E-state index in [1.54, 1.807) is 0 Å². The lowest BCUT2D eigenvalue weighted by atomic mass is 10.6. The Morgan fingerprint density at radius 1 is 1.00 bits per heavy atom. The van der Waals surface area contributed by atoms with Gasteiger partial charge in [0.25, 0.3) is 0 Å². The summed E-state index contributed by atoms with van der Waals surface area (Å²) in [7, 11) is -0.634. The summed E-state index contributed by atoms with van der Waals surface area (Å²) < 4.78 is 0. The van der Waals surface area contributed by atoms with Crippen LogP contribution in [0.4, 0.5) is 0 Å². The molecular weight excluding hydrogens is 105 g/mol. The first-order valence-corrected chi connectivity index (χ1v) is 3.55. The van der Waals surface area contributed by atoms with Gasteiger partial charge in [-0.15, -0.1) is 0 Å². The minimum atomic E-state index is -0.634. The van der Waals surface area contributed by atoms with E-state index in [0.717, 1.165) is 0 Å². The third-order valence-corrected chi connectivity index (χ3v) is 1.70. The highest BCUT2D eigenvalue weighted by molar-refractivity contribution is 7.50. The monoisotopic (exact) mass is 111 g/mol. The molecule has 1 rings (SSSR count). The van der Waals surface area contributed by atoms with Crippen LogP contribution in [0.25, 0.3) is 5.50 Å². The first kappa shape index (κ1) is 4.76. The van der Waals surface area contributed by atoms with E-state index in [1.807, 2.05) is 29.8 Å². The van der Waals surface area contributed by atoms with Crippen molar-refractivity contribution in [3.63, 3.8) is 0 Å². The van der Waals surface area contributed by atoms with Gasteiger partial charge in [-0.05, 0) is 12.1 Å². The summed E-state index contributed by atoms with van der Waals surface area (Å²) in [5.74, 6) is 3.80. The van der Waals surface area contributed by atoms with Gasteiger partial charge in [0.1, 0.15) is 0 Å². The molecule has 0 bridgehead atoms. The third kappa shape index (κ3) is 1.26. The van der Waals surface area contributed by atoms with E-state index >= 15 is 0 Å². The van der Waals surface area contributed by atoms with Gasteiger partial charge in [0.15, 0.2) is 0 Å². The highest BCUT2D eigenvalue weighted by Crippen LogP contribution is 2.22. The van der Waals surface area contributed by atoms with E-state index in [-0.39, 0.29) is 0 Å². The quantitative estimate of drug-likeness (QED) is 0.491. The SMILES string of the molecule is [NH-][p+]1ccccc1. The van der Waals surface area contributed by atoms with Crippen molar-refractivity contribution in [2.24, 2.45) is 0 Å². The third-order valence-electron chi connectivity index (χ3n) is 0.716. The van der Waals surface area contributed by atoms with Gasteiger partial charge in [-0.3, -0.25) is 0 Å². The fourth-order valence-electron chi connectivity index (χ4n) is 0.399. The fourth-order valence-corrected chi connectivity index (χ4v) is 1.07. The van der Waals surface area contributed by atoms with Crippen molar-refractivity contribution in [3.05, 3.63) is 35.3 Å². The van der Waals surface area contributed by atoms with Gasteiger partial charge in [0, 0.05) is 7.68 Å². The molecule has 1 nitrogen and oxygen atoms in total. The summed E-state index contributed by atoms with van der Waals surface area (Å²) in [6, 6.07) is 5.77. The van der Waals surface area contributed by atoms with Crippen molar-refractivity contribution in [1.82, 2.24) is 0 Å². The molecule has 1 aromatic heterocycles. The van der Waals surface area contributed by atoms with Crippen LogP contribution >= 0.6 is 7.68 Å². The molecule has 0 aliphatic carbocycles. The Bertz CT molecular complexity index is 138. The van der Waals surface area contributed by atoms with Gasteiger partial charge >= 0.3 is 0 Å². The first-order valence-electron chi connectivity index (χ1n) is 2.07. The molecule has 1 aromatic rings. The molecule has 0 aromatic carbocycles. The lowest BCUT2D eigenvalue weighted by Gasteiger charge is -1.79. The van der Waals surface area contributed by atoms with Crippen LogP contribution in [0.3, 0.4) is 0 Å². The van der Waals surface area contributed by atoms with Gasteiger partial charge < -0.3 is 5.50 Å². The molecule has 36 valence electrons. The second-order valence-electron chi connectivity index (χ2n) is 1.28. The van der Waals surface area contributed by atoms with E-state index in [4.69, 9.17) is 5.50 Å². The molecule has 0 unspecified atom stereocenters. The van der Waals surface area contributed by atoms with Crippen LogP contribution in [-0.4, -0.2) is 0 Å². The molecule has 0 aliphatic heterocycles. The van der Waals surface area contributed by atoms with Crippen LogP contribution in [0.1, 0.15) is 0 Å². The highest BCUT2D eigenvalue weighted by atomic mass is 31.1. The Morgan fingerprint density at radius 2 is 1.57 bits per heavy atom. The van der Waals surface area contributed by atoms with Crippen LogP contribution in [-0.2, 0) is 0 Å². The number of nitrogens with one attached hydrogen (secondary N) is 1. The smallest absolute Gasteiger partial charge is 0.0988 e. The lowest BCUT2D eigenvalue weighted by molar-refractivity contribution is 1.88. The molecule has 2 heteroatoms. The lowest BCUT2D eigenvalue weighted by Crippen LogP contribution is -1.45. The second-order valence-corrected chi connectivity index (χ2v) is 2.69. The highest BCUT2D eigenvalue weighted by Gasteiger charge is 1.77. The summed E-state index contributed by atoms with van der Waals surface area (Å²) in [5.41, 5.74) is 7.14. The molecule has 0 spiro atoms. The topological polar surface area (TPSA) is 23.8 Å². The van der Waals surface area contributed by atoms with Crippen molar-refractivity contribution < 1.29 is 0 Å². The summed E-state index contributed by atoms with van der Waals surface area (Å²) in [6.45, 7) is 0. The molecule has 7 heavy (non-hydrogen) atoms. The molecular formula is C5H6NP. The van der Waals surface area contributed by atoms with Crippen LogP contribution in [0, 0.1) is 0 Å². The predicted octanol–water partition coefficient (Wildman–Crippen LogP) is 2.77. The van der Waals surface area contributed by atoms with E-state index in [1.165, 1.54) is 0 Å². The summed E-state index contributed by atoms with van der Waals surface area (Å²) in [4.78, 5) is 0. The zero-order chi connectivity index (χ0) is 5.11. The summed E-state index contributed by atoms with van der Waals surface area (Å²) in [6.07, 6.45) is 0. The first-order chi connectivity index (χ1) is 3.39. The predicted molar refractivity (Wildman–Crippen MR) is 33.3 cm³/mol. The zero-order valence-electron chi connectivity index (χ0n) is 3.83. The average molecular weight is 111 g/mol. The molecule has 0 amide bonds. The van der Waals surface area contributed by atoms with Crippen molar-refractivity contribution in [1.29, 1.82) is 0 Å². The largest absolute Gasteiger partial charge is 0.451 e. The Labute approximate surface area is 43.9 Å².